The van der Waals surface area contributed by atoms with Crippen molar-refractivity contribution in [1.29, 1.82) is 0 Å². The molecule has 0 bridgehead atoms. The van der Waals surface area contributed by atoms with Crippen molar-refractivity contribution >= 4 is 22.6 Å². The molecule has 1 heterocycles. The molecule has 2 heteroatoms. The second kappa shape index (κ2) is 2.83. The fourth-order valence-electron chi connectivity index (χ4n) is 0.494. The summed E-state index contributed by atoms with van der Waals surface area (Å²) >= 11 is 2.11. The van der Waals surface area contributed by atoms with E-state index in [0.717, 1.165) is 9.26 Å². The van der Waals surface area contributed by atoms with E-state index < -0.39 is 0 Å². The van der Waals surface area contributed by atoms with Crippen molar-refractivity contribution in [3.63, 3.8) is 0 Å². The molecular formula is C7H4IN. The fraction of sp³-hybridized carbons (Fsp3) is 0. The van der Waals surface area contributed by atoms with E-state index in [1.54, 1.807) is 6.20 Å². The van der Waals surface area contributed by atoms with Gasteiger partial charge in [-0.1, -0.05) is 5.92 Å². The van der Waals surface area contributed by atoms with Gasteiger partial charge in [0.1, 0.15) is 3.70 Å². The zero-order chi connectivity index (χ0) is 6.69. The van der Waals surface area contributed by atoms with E-state index in [1.165, 1.54) is 0 Å². The van der Waals surface area contributed by atoms with Crippen LogP contribution in [-0.4, -0.2) is 4.98 Å². The van der Waals surface area contributed by atoms with Crippen LogP contribution in [0.25, 0.3) is 0 Å². The lowest BCUT2D eigenvalue weighted by atomic mass is 10.3. The Morgan fingerprint density at radius 2 is 2.44 bits per heavy atom. The molecule has 1 aromatic rings. The molecule has 0 aliphatic heterocycles. The van der Waals surface area contributed by atoms with Crippen LogP contribution in [0, 0.1) is 16.0 Å². The van der Waals surface area contributed by atoms with Gasteiger partial charge in [0.2, 0.25) is 0 Å². The monoisotopic (exact) mass is 229 g/mol. The van der Waals surface area contributed by atoms with E-state index >= 15 is 0 Å². The van der Waals surface area contributed by atoms with Crippen LogP contribution in [0.1, 0.15) is 5.56 Å². The summed E-state index contributed by atoms with van der Waals surface area (Å²) in [6.45, 7) is 0. The zero-order valence-corrected chi connectivity index (χ0v) is 6.79. The molecule has 0 saturated heterocycles. The summed E-state index contributed by atoms with van der Waals surface area (Å²) in [5, 5.41) is 0. The molecule has 44 valence electrons. The molecule has 0 N–H and O–H groups in total. The molecule has 0 spiro atoms. The van der Waals surface area contributed by atoms with Crippen LogP contribution in [-0.2, 0) is 0 Å². The van der Waals surface area contributed by atoms with E-state index in [-0.39, 0.29) is 0 Å². The highest BCUT2D eigenvalue weighted by Gasteiger charge is 1.91. The van der Waals surface area contributed by atoms with E-state index in [1.807, 2.05) is 12.1 Å². The van der Waals surface area contributed by atoms with Crippen molar-refractivity contribution in [2.45, 2.75) is 0 Å². The van der Waals surface area contributed by atoms with Gasteiger partial charge in [-0.25, -0.2) is 4.98 Å². The minimum Gasteiger partial charge on any atom is -0.249 e. The molecule has 9 heavy (non-hydrogen) atoms. The predicted octanol–water partition coefficient (Wildman–Crippen LogP) is 1.67. The molecule has 0 unspecified atom stereocenters. The molecule has 0 aliphatic carbocycles. The van der Waals surface area contributed by atoms with Crippen LogP contribution in [0.3, 0.4) is 0 Å². The quantitative estimate of drug-likeness (QED) is 0.374. The molecule has 0 aromatic carbocycles. The lowest BCUT2D eigenvalue weighted by molar-refractivity contribution is 1.26. The van der Waals surface area contributed by atoms with Crippen molar-refractivity contribution in [3.8, 4) is 12.3 Å². The second-order valence-electron chi connectivity index (χ2n) is 1.49. The van der Waals surface area contributed by atoms with Crippen molar-refractivity contribution in [2.75, 3.05) is 0 Å². The maximum absolute atomic E-state index is 5.16. The Kier molecular flexibility index (Phi) is 2.06. The van der Waals surface area contributed by atoms with Gasteiger partial charge in [0, 0.05) is 6.20 Å². The highest BCUT2D eigenvalue weighted by atomic mass is 127. The molecule has 0 fully saturated rings. The minimum absolute atomic E-state index is 0.859. The van der Waals surface area contributed by atoms with Gasteiger partial charge >= 0.3 is 0 Å². The van der Waals surface area contributed by atoms with Gasteiger partial charge < -0.3 is 0 Å². The molecule has 0 atom stereocenters. The Labute approximate surface area is 67.6 Å². The summed E-state index contributed by atoms with van der Waals surface area (Å²) in [6.07, 6.45) is 6.88. The third-order valence-corrected chi connectivity index (χ3v) is 1.77. The van der Waals surface area contributed by atoms with E-state index in [2.05, 4.69) is 33.5 Å². The zero-order valence-electron chi connectivity index (χ0n) is 4.63. The lowest BCUT2D eigenvalue weighted by Gasteiger charge is -1.89. The predicted molar refractivity (Wildman–Crippen MR) is 44.9 cm³/mol. The standard InChI is InChI=1S/C7H4IN/c1-2-6-4-3-5-9-7(6)8/h1,3-5H. The Bertz CT molecular complexity index is 249. The smallest absolute Gasteiger partial charge is 0.116 e. The van der Waals surface area contributed by atoms with Crippen molar-refractivity contribution in [2.24, 2.45) is 0 Å². The van der Waals surface area contributed by atoms with Gasteiger partial charge in [-0.2, -0.15) is 0 Å². The number of hydrogen-bond acceptors (Lipinski definition) is 1. The maximum Gasteiger partial charge on any atom is 0.116 e. The van der Waals surface area contributed by atoms with Crippen LogP contribution in [0.15, 0.2) is 18.3 Å². The number of rotatable bonds is 0. The van der Waals surface area contributed by atoms with E-state index in [4.69, 9.17) is 6.42 Å². The van der Waals surface area contributed by atoms with Crippen LogP contribution in [0.4, 0.5) is 0 Å². The number of hydrogen-bond donors (Lipinski definition) is 0. The number of aromatic nitrogens is 1. The summed E-state index contributed by atoms with van der Waals surface area (Å²) < 4.78 is 0.887. The summed E-state index contributed by atoms with van der Waals surface area (Å²) in [4.78, 5) is 3.99. The average molecular weight is 229 g/mol. The Balaban J connectivity index is 3.20. The van der Waals surface area contributed by atoms with Gasteiger partial charge in [0.25, 0.3) is 0 Å². The van der Waals surface area contributed by atoms with Gasteiger partial charge in [-0.3, -0.25) is 0 Å². The molecule has 0 saturated carbocycles. The van der Waals surface area contributed by atoms with E-state index in [9.17, 15) is 0 Å². The Morgan fingerprint density at radius 1 is 1.67 bits per heavy atom. The average Bonchev–Trinajstić information content (AvgIpc) is 1.89. The molecule has 1 rings (SSSR count). The number of halogens is 1. The van der Waals surface area contributed by atoms with E-state index in [0.29, 0.717) is 0 Å². The molecular weight excluding hydrogens is 225 g/mol. The van der Waals surface area contributed by atoms with Crippen molar-refractivity contribution in [1.82, 2.24) is 4.98 Å². The van der Waals surface area contributed by atoms with Crippen LogP contribution in [0.2, 0.25) is 0 Å². The highest BCUT2D eigenvalue weighted by Crippen LogP contribution is 2.04. The van der Waals surface area contributed by atoms with Crippen LogP contribution >= 0.6 is 22.6 Å². The molecule has 0 radical (unpaired) electrons. The number of pyridine rings is 1. The second-order valence-corrected chi connectivity index (χ2v) is 2.51. The third kappa shape index (κ3) is 1.42. The van der Waals surface area contributed by atoms with Crippen molar-refractivity contribution < 1.29 is 0 Å². The maximum atomic E-state index is 5.16. The van der Waals surface area contributed by atoms with Crippen LogP contribution in [0.5, 0.6) is 0 Å². The third-order valence-electron chi connectivity index (χ3n) is 0.915. The van der Waals surface area contributed by atoms with Gasteiger partial charge in [0.05, 0.1) is 5.56 Å². The minimum atomic E-state index is 0.859. The highest BCUT2D eigenvalue weighted by molar-refractivity contribution is 14.1. The fourth-order valence-corrected chi connectivity index (χ4v) is 0.990. The molecule has 0 aliphatic rings. The van der Waals surface area contributed by atoms with Gasteiger partial charge in [-0.15, -0.1) is 6.42 Å². The topological polar surface area (TPSA) is 12.9 Å². The number of terminal acetylenes is 1. The first-order valence-corrected chi connectivity index (χ1v) is 3.49. The Hall–Kier alpha value is -0.560. The summed E-state index contributed by atoms with van der Waals surface area (Å²) in [5.74, 6) is 2.53. The molecule has 0 amide bonds. The van der Waals surface area contributed by atoms with Gasteiger partial charge in [0.15, 0.2) is 0 Å². The summed E-state index contributed by atoms with van der Waals surface area (Å²) in [6, 6.07) is 3.70. The SMILES string of the molecule is C#Cc1cccnc1I. The summed E-state index contributed by atoms with van der Waals surface area (Å²) in [7, 11) is 0. The first kappa shape index (κ1) is 6.56. The first-order chi connectivity index (χ1) is 4.34. The largest absolute Gasteiger partial charge is 0.249 e. The normalized spacial score (nSPS) is 8.44. The van der Waals surface area contributed by atoms with Gasteiger partial charge in [-0.05, 0) is 34.7 Å². The molecule has 1 nitrogen and oxygen atoms in total. The van der Waals surface area contributed by atoms with Crippen molar-refractivity contribution in [3.05, 3.63) is 27.6 Å². The van der Waals surface area contributed by atoms with Crippen LogP contribution < -0.4 is 0 Å². The Morgan fingerprint density at radius 3 is 2.89 bits per heavy atom. The lowest BCUT2D eigenvalue weighted by Crippen LogP contribution is -1.82. The molecule has 1 aromatic heterocycles. The summed E-state index contributed by atoms with van der Waals surface area (Å²) in [5.41, 5.74) is 0.859. The number of nitrogens with zero attached hydrogens (tertiary/aromatic N) is 1. The first-order valence-electron chi connectivity index (χ1n) is 2.41.